The molecule has 0 aromatic heterocycles. The molecule has 0 saturated heterocycles. The van der Waals surface area contributed by atoms with E-state index in [1.54, 1.807) is 6.07 Å². The number of carbonyl (C=O) groups excluding carboxylic acids is 1. The van der Waals surface area contributed by atoms with Crippen LogP contribution in [0.3, 0.4) is 0 Å². The van der Waals surface area contributed by atoms with Crippen molar-refractivity contribution in [2.24, 2.45) is 0 Å². The Balaban J connectivity index is 2.27. The van der Waals surface area contributed by atoms with Gasteiger partial charge in [0.2, 0.25) is 0 Å². The number of halogens is 1. The van der Waals surface area contributed by atoms with Crippen molar-refractivity contribution in [2.45, 2.75) is 6.92 Å². The van der Waals surface area contributed by atoms with Crippen molar-refractivity contribution in [2.75, 3.05) is 0 Å². The van der Waals surface area contributed by atoms with Gasteiger partial charge in [-0.25, -0.2) is 0 Å². The Morgan fingerprint density at radius 1 is 1.18 bits per heavy atom. The first kappa shape index (κ1) is 12.1. The summed E-state index contributed by atoms with van der Waals surface area (Å²) in [6.07, 6.45) is 0.836. The van der Waals surface area contributed by atoms with Gasteiger partial charge in [0.15, 0.2) is 0 Å². The van der Waals surface area contributed by atoms with Gasteiger partial charge in [0.1, 0.15) is 17.8 Å². The highest BCUT2D eigenvalue weighted by Crippen LogP contribution is 2.26. The van der Waals surface area contributed by atoms with Crippen LogP contribution in [0.1, 0.15) is 15.9 Å². The van der Waals surface area contributed by atoms with Crippen LogP contribution in [0.25, 0.3) is 0 Å². The molecule has 0 saturated carbocycles. The number of carbonyl (C=O) groups is 1. The molecule has 0 aliphatic rings. The van der Waals surface area contributed by atoms with Crippen molar-refractivity contribution < 1.29 is 9.53 Å². The molecule has 0 radical (unpaired) electrons. The third-order valence-electron chi connectivity index (χ3n) is 2.36. The second kappa shape index (κ2) is 5.31. The van der Waals surface area contributed by atoms with Gasteiger partial charge in [0, 0.05) is 9.13 Å². The summed E-state index contributed by atoms with van der Waals surface area (Å²) in [5.41, 5.74) is 1.62. The molecule has 17 heavy (non-hydrogen) atoms. The van der Waals surface area contributed by atoms with E-state index in [0.29, 0.717) is 5.56 Å². The first-order valence-corrected chi connectivity index (χ1v) is 6.26. The minimum Gasteiger partial charge on any atom is -0.457 e. The second-order valence-electron chi connectivity index (χ2n) is 3.70. The van der Waals surface area contributed by atoms with E-state index in [0.717, 1.165) is 26.9 Å². The van der Waals surface area contributed by atoms with Gasteiger partial charge in [-0.3, -0.25) is 4.79 Å². The summed E-state index contributed by atoms with van der Waals surface area (Å²) >= 11 is 2.24. The molecule has 2 aromatic carbocycles. The highest BCUT2D eigenvalue weighted by atomic mass is 127. The van der Waals surface area contributed by atoms with E-state index in [4.69, 9.17) is 4.74 Å². The predicted octanol–water partition coefficient (Wildman–Crippen LogP) is 4.20. The smallest absolute Gasteiger partial charge is 0.150 e. The molecule has 0 atom stereocenters. The van der Waals surface area contributed by atoms with E-state index in [1.165, 1.54) is 0 Å². The molecule has 86 valence electrons. The molecule has 0 aliphatic heterocycles. The Hall–Kier alpha value is -1.36. The number of rotatable bonds is 3. The number of aryl methyl sites for hydroxylation is 1. The molecule has 0 amide bonds. The Morgan fingerprint density at radius 3 is 2.65 bits per heavy atom. The van der Waals surface area contributed by atoms with Crippen molar-refractivity contribution in [3.05, 3.63) is 57.2 Å². The highest BCUT2D eigenvalue weighted by molar-refractivity contribution is 14.1. The first-order valence-electron chi connectivity index (χ1n) is 5.18. The maximum absolute atomic E-state index is 10.6. The quantitative estimate of drug-likeness (QED) is 0.619. The van der Waals surface area contributed by atoms with Gasteiger partial charge >= 0.3 is 0 Å². The van der Waals surface area contributed by atoms with Crippen LogP contribution in [0, 0.1) is 10.5 Å². The number of hydrogen-bond donors (Lipinski definition) is 0. The molecule has 3 heteroatoms. The summed E-state index contributed by atoms with van der Waals surface area (Å²) in [7, 11) is 0. The zero-order valence-electron chi connectivity index (χ0n) is 9.31. The summed E-state index contributed by atoms with van der Waals surface area (Å²) in [4.78, 5) is 10.6. The lowest BCUT2D eigenvalue weighted by Crippen LogP contribution is -1.89. The third kappa shape index (κ3) is 3.06. The molecule has 0 N–H and O–H groups in total. The third-order valence-corrected chi connectivity index (χ3v) is 3.03. The monoisotopic (exact) mass is 338 g/mol. The van der Waals surface area contributed by atoms with Crippen LogP contribution in [0.2, 0.25) is 0 Å². The van der Waals surface area contributed by atoms with Gasteiger partial charge in [-0.05, 0) is 71.5 Å². The molecule has 0 fully saturated rings. The second-order valence-corrected chi connectivity index (χ2v) is 4.95. The Labute approximate surface area is 114 Å². The van der Waals surface area contributed by atoms with Gasteiger partial charge in [0.25, 0.3) is 0 Å². The molecule has 2 nitrogen and oxygen atoms in total. The fourth-order valence-corrected chi connectivity index (χ4v) is 2.03. The van der Waals surface area contributed by atoms with Crippen molar-refractivity contribution in [3.8, 4) is 11.5 Å². The van der Waals surface area contributed by atoms with Gasteiger partial charge in [-0.15, -0.1) is 0 Å². The molecule has 0 unspecified atom stereocenters. The fourth-order valence-electron chi connectivity index (χ4n) is 1.52. The van der Waals surface area contributed by atoms with Crippen molar-refractivity contribution >= 4 is 28.9 Å². The largest absolute Gasteiger partial charge is 0.457 e. The summed E-state index contributed by atoms with van der Waals surface area (Å²) in [6.45, 7) is 1.93. The zero-order valence-corrected chi connectivity index (χ0v) is 11.5. The molecule has 2 aromatic rings. The summed E-state index contributed by atoms with van der Waals surface area (Å²) < 4.78 is 6.90. The lowest BCUT2D eigenvalue weighted by atomic mass is 10.1. The van der Waals surface area contributed by atoms with Crippen LogP contribution in [0.4, 0.5) is 0 Å². The van der Waals surface area contributed by atoms with Gasteiger partial charge in [-0.1, -0.05) is 6.07 Å². The van der Waals surface area contributed by atoms with E-state index in [9.17, 15) is 4.79 Å². The molecule has 0 aliphatic carbocycles. The molecule has 0 spiro atoms. The topological polar surface area (TPSA) is 26.3 Å². The minimum absolute atomic E-state index is 0.664. The van der Waals surface area contributed by atoms with Crippen molar-refractivity contribution in [1.29, 1.82) is 0 Å². The zero-order chi connectivity index (χ0) is 12.3. The fraction of sp³-hybridized carbons (Fsp3) is 0.0714. The maximum Gasteiger partial charge on any atom is 0.150 e. The Morgan fingerprint density at radius 2 is 2.00 bits per heavy atom. The van der Waals surface area contributed by atoms with Gasteiger partial charge < -0.3 is 4.74 Å². The average Bonchev–Trinajstić information content (AvgIpc) is 2.32. The molecular formula is C14H11IO2. The standard InChI is InChI=1S/C14H11IO2/c1-10-7-11(9-16)5-6-14(10)17-13-4-2-3-12(15)8-13/h2-9H,1H3. The van der Waals surface area contributed by atoms with E-state index >= 15 is 0 Å². The molecule has 0 bridgehead atoms. The first-order chi connectivity index (χ1) is 8.19. The van der Waals surface area contributed by atoms with E-state index in [1.807, 2.05) is 43.3 Å². The predicted molar refractivity (Wildman–Crippen MR) is 75.8 cm³/mol. The van der Waals surface area contributed by atoms with Crippen LogP contribution in [0.5, 0.6) is 11.5 Å². The Bertz CT molecular complexity index is 550. The minimum atomic E-state index is 0.664. The molecule has 0 heterocycles. The van der Waals surface area contributed by atoms with E-state index in [-0.39, 0.29) is 0 Å². The normalized spacial score (nSPS) is 10.0. The van der Waals surface area contributed by atoms with Gasteiger partial charge in [0.05, 0.1) is 0 Å². The van der Waals surface area contributed by atoms with Crippen LogP contribution in [0.15, 0.2) is 42.5 Å². The number of ether oxygens (including phenoxy) is 1. The van der Waals surface area contributed by atoms with Crippen LogP contribution in [-0.2, 0) is 0 Å². The lowest BCUT2D eigenvalue weighted by molar-refractivity contribution is 0.112. The highest BCUT2D eigenvalue weighted by Gasteiger charge is 2.02. The SMILES string of the molecule is Cc1cc(C=O)ccc1Oc1cccc(I)c1. The molecule has 2 rings (SSSR count). The van der Waals surface area contributed by atoms with Crippen LogP contribution >= 0.6 is 22.6 Å². The lowest BCUT2D eigenvalue weighted by Gasteiger charge is -2.09. The van der Waals surface area contributed by atoms with Crippen molar-refractivity contribution in [3.63, 3.8) is 0 Å². The molecular weight excluding hydrogens is 327 g/mol. The Kier molecular flexibility index (Phi) is 3.78. The summed E-state index contributed by atoms with van der Waals surface area (Å²) in [6, 6.07) is 13.2. The van der Waals surface area contributed by atoms with Crippen molar-refractivity contribution in [1.82, 2.24) is 0 Å². The van der Waals surface area contributed by atoms with Gasteiger partial charge in [-0.2, -0.15) is 0 Å². The van der Waals surface area contributed by atoms with E-state index < -0.39 is 0 Å². The number of aldehydes is 1. The van der Waals surface area contributed by atoms with Crippen LogP contribution < -0.4 is 4.74 Å². The van der Waals surface area contributed by atoms with E-state index in [2.05, 4.69) is 22.6 Å². The van der Waals surface area contributed by atoms with Crippen LogP contribution in [-0.4, -0.2) is 6.29 Å². The summed E-state index contributed by atoms with van der Waals surface area (Å²) in [5.74, 6) is 1.58. The number of benzene rings is 2. The maximum atomic E-state index is 10.6. The summed E-state index contributed by atoms with van der Waals surface area (Å²) in [5, 5.41) is 0. The average molecular weight is 338 g/mol. The number of hydrogen-bond acceptors (Lipinski definition) is 2.